The Morgan fingerprint density at radius 3 is 2.85 bits per heavy atom. The summed E-state index contributed by atoms with van der Waals surface area (Å²) in [4.78, 5) is 2.47. The van der Waals surface area contributed by atoms with Gasteiger partial charge in [-0.1, -0.05) is 33.6 Å². The maximum absolute atomic E-state index is 6.49. The van der Waals surface area contributed by atoms with Gasteiger partial charge in [-0.3, -0.25) is 4.90 Å². The van der Waals surface area contributed by atoms with Gasteiger partial charge in [0.2, 0.25) is 0 Å². The lowest BCUT2D eigenvalue weighted by Gasteiger charge is -2.40. The molecule has 1 aliphatic heterocycles. The average Bonchev–Trinajstić information content (AvgIpc) is 3.22. The number of hydrogen-bond donors (Lipinski definition) is 1. The summed E-state index contributed by atoms with van der Waals surface area (Å²) < 4.78 is 1.05. The van der Waals surface area contributed by atoms with E-state index in [1.165, 1.54) is 31.2 Å². The summed E-state index contributed by atoms with van der Waals surface area (Å²) in [6, 6.07) is 7.53. The molecule has 110 valence electrons. The molecule has 2 atom stereocenters. The Labute approximate surface area is 135 Å². The maximum atomic E-state index is 6.49. The van der Waals surface area contributed by atoms with Crippen LogP contribution in [0.2, 0.25) is 5.02 Å². The van der Waals surface area contributed by atoms with E-state index in [-0.39, 0.29) is 0 Å². The molecule has 0 bridgehead atoms. The van der Waals surface area contributed by atoms with Crippen LogP contribution >= 0.6 is 27.5 Å². The molecule has 2 fully saturated rings. The van der Waals surface area contributed by atoms with Gasteiger partial charge in [0, 0.05) is 28.1 Å². The summed E-state index contributed by atoms with van der Waals surface area (Å²) >= 11 is 9.99. The van der Waals surface area contributed by atoms with Gasteiger partial charge in [-0.05, 0) is 62.9 Å². The third-order valence-electron chi connectivity index (χ3n) is 4.53. The number of likely N-dealkylation sites (tertiary alicyclic amines) is 1. The molecule has 4 heteroatoms. The molecule has 1 aromatic rings. The Morgan fingerprint density at radius 1 is 1.35 bits per heavy atom. The number of rotatable bonds is 4. The number of benzene rings is 1. The van der Waals surface area contributed by atoms with E-state index in [9.17, 15) is 0 Å². The van der Waals surface area contributed by atoms with Gasteiger partial charge in [0.25, 0.3) is 0 Å². The van der Waals surface area contributed by atoms with E-state index in [0.29, 0.717) is 12.0 Å². The highest BCUT2D eigenvalue weighted by molar-refractivity contribution is 9.10. The zero-order chi connectivity index (χ0) is 14.1. The number of piperidine rings is 1. The van der Waals surface area contributed by atoms with E-state index in [1.54, 1.807) is 0 Å². The predicted octanol–water partition coefficient (Wildman–Crippen LogP) is 4.24. The zero-order valence-corrected chi connectivity index (χ0v) is 14.3. The molecule has 0 spiro atoms. The minimum atomic E-state index is 0.440. The molecule has 0 aromatic heterocycles. The van der Waals surface area contributed by atoms with Crippen molar-refractivity contribution in [3.8, 4) is 0 Å². The van der Waals surface area contributed by atoms with Gasteiger partial charge in [-0.15, -0.1) is 0 Å². The standard InChI is InChI=1S/C16H22BrClN2/c1-20-8-2-3-11(10-19-13-5-6-13)16(20)14-7-4-12(17)9-15(14)18/h4,7,9,11,13,16,19H,2-3,5-6,8,10H2,1H3. The Balaban J connectivity index is 1.80. The first-order valence-corrected chi connectivity index (χ1v) is 8.71. The number of nitrogens with one attached hydrogen (secondary N) is 1. The lowest BCUT2D eigenvalue weighted by molar-refractivity contribution is 0.119. The summed E-state index contributed by atoms with van der Waals surface area (Å²) in [6.45, 7) is 2.28. The first kappa shape index (κ1) is 14.8. The molecule has 1 heterocycles. The van der Waals surface area contributed by atoms with Crippen LogP contribution in [-0.4, -0.2) is 31.1 Å². The molecule has 1 aromatic carbocycles. The van der Waals surface area contributed by atoms with Crippen LogP contribution in [0.25, 0.3) is 0 Å². The SMILES string of the molecule is CN1CCCC(CNC2CC2)C1c1ccc(Br)cc1Cl. The molecule has 2 unspecified atom stereocenters. The lowest BCUT2D eigenvalue weighted by Crippen LogP contribution is -2.41. The summed E-state index contributed by atoms with van der Waals surface area (Å²) in [6.07, 6.45) is 5.29. The maximum Gasteiger partial charge on any atom is 0.0465 e. The van der Waals surface area contributed by atoms with Crippen LogP contribution in [-0.2, 0) is 0 Å². The second-order valence-corrected chi connectivity index (χ2v) is 7.50. The normalized spacial score (nSPS) is 27.8. The van der Waals surface area contributed by atoms with E-state index in [2.05, 4.69) is 45.3 Å². The van der Waals surface area contributed by atoms with Crippen LogP contribution < -0.4 is 5.32 Å². The van der Waals surface area contributed by atoms with Crippen LogP contribution in [0.4, 0.5) is 0 Å². The average molecular weight is 358 g/mol. The Hall–Kier alpha value is -0.0900. The van der Waals surface area contributed by atoms with Crippen LogP contribution in [0, 0.1) is 5.92 Å². The van der Waals surface area contributed by atoms with Gasteiger partial charge in [0.15, 0.2) is 0 Å². The number of nitrogens with zero attached hydrogens (tertiary/aromatic N) is 1. The molecular formula is C16H22BrClN2. The van der Waals surface area contributed by atoms with Crippen molar-refractivity contribution in [2.75, 3.05) is 20.1 Å². The van der Waals surface area contributed by atoms with E-state index in [1.807, 2.05) is 6.07 Å². The van der Waals surface area contributed by atoms with Gasteiger partial charge < -0.3 is 5.32 Å². The number of hydrogen-bond acceptors (Lipinski definition) is 2. The molecule has 0 amide bonds. The first-order chi connectivity index (χ1) is 9.65. The van der Waals surface area contributed by atoms with Crippen molar-refractivity contribution < 1.29 is 0 Å². The topological polar surface area (TPSA) is 15.3 Å². The van der Waals surface area contributed by atoms with Gasteiger partial charge in [0.05, 0.1) is 0 Å². The fourth-order valence-corrected chi connectivity index (χ4v) is 4.10. The molecule has 20 heavy (non-hydrogen) atoms. The second-order valence-electron chi connectivity index (χ2n) is 6.18. The highest BCUT2D eigenvalue weighted by Gasteiger charge is 2.33. The minimum Gasteiger partial charge on any atom is -0.314 e. The van der Waals surface area contributed by atoms with Crippen molar-refractivity contribution in [3.63, 3.8) is 0 Å². The second kappa shape index (κ2) is 6.35. The smallest absolute Gasteiger partial charge is 0.0465 e. The third kappa shape index (κ3) is 3.38. The lowest BCUT2D eigenvalue weighted by atomic mass is 9.85. The fraction of sp³-hybridized carbons (Fsp3) is 0.625. The molecule has 1 saturated carbocycles. The molecule has 3 rings (SSSR count). The predicted molar refractivity (Wildman–Crippen MR) is 88.3 cm³/mol. The van der Waals surface area contributed by atoms with Gasteiger partial charge in [-0.2, -0.15) is 0 Å². The summed E-state index contributed by atoms with van der Waals surface area (Å²) in [5.74, 6) is 0.660. The third-order valence-corrected chi connectivity index (χ3v) is 5.35. The fourth-order valence-electron chi connectivity index (χ4n) is 3.31. The van der Waals surface area contributed by atoms with Crippen molar-refractivity contribution in [1.29, 1.82) is 0 Å². The Morgan fingerprint density at radius 2 is 2.15 bits per heavy atom. The van der Waals surface area contributed by atoms with Crippen LogP contribution in [0.3, 0.4) is 0 Å². The van der Waals surface area contributed by atoms with Crippen molar-refractivity contribution in [2.45, 2.75) is 37.8 Å². The summed E-state index contributed by atoms with van der Waals surface area (Å²) in [5, 5.41) is 4.58. The summed E-state index contributed by atoms with van der Waals surface area (Å²) in [5.41, 5.74) is 1.28. The quantitative estimate of drug-likeness (QED) is 0.867. The van der Waals surface area contributed by atoms with Crippen molar-refractivity contribution in [3.05, 3.63) is 33.3 Å². The van der Waals surface area contributed by atoms with E-state index >= 15 is 0 Å². The monoisotopic (exact) mass is 356 g/mol. The Kier molecular flexibility index (Phi) is 4.71. The highest BCUT2D eigenvalue weighted by Crippen LogP contribution is 2.39. The van der Waals surface area contributed by atoms with Crippen LogP contribution in [0.15, 0.2) is 22.7 Å². The molecule has 2 aliphatic rings. The van der Waals surface area contributed by atoms with Gasteiger partial charge in [-0.25, -0.2) is 0 Å². The van der Waals surface area contributed by atoms with E-state index in [4.69, 9.17) is 11.6 Å². The summed E-state index contributed by atoms with van der Waals surface area (Å²) in [7, 11) is 2.23. The van der Waals surface area contributed by atoms with Crippen molar-refractivity contribution in [2.24, 2.45) is 5.92 Å². The van der Waals surface area contributed by atoms with E-state index in [0.717, 1.165) is 28.6 Å². The van der Waals surface area contributed by atoms with Crippen LogP contribution in [0.5, 0.6) is 0 Å². The molecule has 1 saturated heterocycles. The zero-order valence-electron chi connectivity index (χ0n) is 11.9. The Bertz CT molecular complexity index is 476. The number of halogens is 2. The van der Waals surface area contributed by atoms with Gasteiger partial charge in [0.1, 0.15) is 0 Å². The van der Waals surface area contributed by atoms with Gasteiger partial charge >= 0.3 is 0 Å². The molecule has 2 nitrogen and oxygen atoms in total. The largest absolute Gasteiger partial charge is 0.314 e. The van der Waals surface area contributed by atoms with Crippen LogP contribution in [0.1, 0.15) is 37.3 Å². The molecule has 1 aliphatic carbocycles. The van der Waals surface area contributed by atoms with E-state index < -0.39 is 0 Å². The highest BCUT2D eigenvalue weighted by atomic mass is 79.9. The minimum absolute atomic E-state index is 0.440. The van der Waals surface area contributed by atoms with Crippen molar-refractivity contribution >= 4 is 27.5 Å². The molecule has 1 N–H and O–H groups in total. The molecular weight excluding hydrogens is 336 g/mol. The first-order valence-electron chi connectivity index (χ1n) is 7.53. The van der Waals surface area contributed by atoms with Crippen molar-refractivity contribution in [1.82, 2.24) is 10.2 Å². The molecule has 0 radical (unpaired) electrons.